The van der Waals surface area contributed by atoms with E-state index in [4.69, 9.17) is 4.74 Å². The zero-order chi connectivity index (χ0) is 22.2. The summed E-state index contributed by atoms with van der Waals surface area (Å²) >= 11 is 0. The minimum absolute atomic E-state index is 0.0264. The standard InChI is InChI=1S/C25H24N2O4/c1-17(31-24(29)16-19-12-14-21(15-13-19)26-18(2)28)25(30)27-23-11-7-6-10-22(23)20-8-4-3-5-9-20/h3-15,17H,16H2,1-2H3,(H,26,28)(H,27,30)/t17-/m0/s1. The van der Waals surface area contributed by atoms with Gasteiger partial charge < -0.3 is 15.4 Å². The molecule has 0 heterocycles. The van der Waals surface area contributed by atoms with Crippen LogP contribution in [0.5, 0.6) is 0 Å². The van der Waals surface area contributed by atoms with Crippen LogP contribution in [0.1, 0.15) is 19.4 Å². The molecule has 6 nitrogen and oxygen atoms in total. The van der Waals surface area contributed by atoms with Crippen LogP contribution in [-0.4, -0.2) is 23.9 Å². The Kier molecular flexibility index (Phi) is 7.17. The van der Waals surface area contributed by atoms with Crippen LogP contribution in [0, 0.1) is 0 Å². The fourth-order valence-corrected chi connectivity index (χ4v) is 3.06. The molecule has 3 rings (SSSR count). The number of esters is 1. The molecule has 31 heavy (non-hydrogen) atoms. The van der Waals surface area contributed by atoms with E-state index < -0.39 is 18.0 Å². The number of anilines is 2. The van der Waals surface area contributed by atoms with Gasteiger partial charge in [-0.2, -0.15) is 0 Å². The molecule has 0 fully saturated rings. The number of ether oxygens (including phenoxy) is 1. The maximum absolute atomic E-state index is 12.6. The molecule has 0 aliphatic carbocycles. The lowest BCUT2D eigenvalue weighted by molar-refractivity contribution is -0.152. The van der Waals surface area contributed by atoms with Crippen molar-refractivity contribution in [2.45, 2.75) is 26.4 Å². The fourth-order valence-electron chi connectivity index (χ4n) is 3.06. The van der Waals surface area contributed by atoms with Gasteiger partial charge in [0.25, 0.3) is 5.91 Å². The molecule has 2 amide bonds. The summed E-state index contributed by atoms with van der Waals surface area (Å²) < 4.78 is 5.31. The lowest BCUT2D eigenvalue weighted by Crippen LogP contribution is -2.30. The second kappa shape index (κ2) is 10.2. The number of hydrogen-bond acceptors (Lipinski definition) is 4. The van der Waals surface area contributed by atoms with Gasteiger partial charge in [0.1, 0.15) is 0 Å². The van der Waals surface area contributed by atoms with Crippen molar-refractivity contribution in [2.24, 2.45) is 0 Å². The maximum Gasteiger partial charge on any atom is 0.311 e. The van der Waals surface area contributed by atoms with Crippen LogP contribution in [0.4, 0.5) is 11.4 Å². The van der Waals surface area contributed by atoms with E-state index in [2.05, 4.69) is 10.6 Å². The number of para-hydroxylation sites is 1. The second-order valence-corrected chi connectivity index (χ2v) is 7.09. The van der Waals surface area contributed by atoms with Gasteiger partial charge in [-0.1, -0.05) is 60.7 Å². The molecular formula is C25H24N2O4. The molecule has 0 aliphatic heterocycles. The van der Waals surface area contributed by atoms with Crippen LogP contribution < -0.4 is 10.6 Å². The predicted octanol–water partition coefficient (Wildman–Crippen LogP) is 4.42. The molecule has 3 aromatic rings. The van der Waals surface area contributed by atoms with Crippen molar-refractivity contribution in [3.8, 4) is 11.1 Å². The van der Waals surface area contributed by atoms with E-state index in [1.165, 1.54) is 13.8 Å². The van der Waals surface area contributed by atoms with Crippen LogP contribution in [0.3, 0.4) is 0 Å². The normalized spacial score (nSPS) is 11.3. The van der Waals surface area contributed by atoms with Gasteiger partial charge in [0, 0.05) is 23.9 Å². The molecule has 2 N–H and O–H groups in total. The zero-order valence-corrected chi connectivity index (χ0v) is 17.4. The average molecular weight is 416 g/mol. The Morgan fingerprint density at radius 3 is 2.16 bits per heavy atom. The smallest absolute Gasteiger partial charge is 0.311 e. The summed E-state index contributed by atoms with van der Waals surface area (Å²) in [5, 5.41) is 5.51. The summed E-state index contributed by atoms with van der Waals surface area (Å²) in [4.78, 5) is 35.9. The van der Waals surface area contributed by atoms with Crippen LogP contribution in [-0.2, 0) is 25.5 Å². The Labute approximate surface area is 181 Å². The van der Waals surface area contributed by atoms with Crippen LogP contribution >= 0.6 is 0 Å². The molecule has 158 valence electrons. The first-order valence-corrected chi connectivity index (χ1v) is 9.93. The number of hydrogen-bond donors (Lipinski definition) is 2. The number of rotatable bonds is 7. The third-order valence-electron chi connectivity index (χ3n) is 4.57. The van der Waals surface area contributed by atoms with Gasteiger partial charge in [-0.15, -0.1) is 0 Å². The third kappa shape index (κ3) is 6.27. The molecule has 3 aromatic carbocycles. The Morgan fingerprint density at radius 2 is 1.48 bits per heavy atom. The van der Waals surface area contributed by atoms with Gasteiger partial charge in [-0.3, -0.25) is 14.4 Å². The van der Waals surface area contributed by atoms with Crippen molar-refractivity contribution in [2.75, 3.05) is 10.6 Å². The van der Waals surface area contributed by atoms with Crippen LogP contribution in [0.2, 0.25) is 0 Å². The van der Waals surface area contributed by atoms with Crippen molar-refractivity contribution < 1.29 is 19.1 Å². The molecule has 0 bridgehead atoms. The first-order chi connectivity index (χ1) is 14.9. The lowest BCUT2D eigenvalue weighted by atomic mass is 10.0. The number of nitrogens with one attached hydrogen (secondary N) is 2. The van der Waals surface area contributed by atoms with E-state index in [1.807, 2.05) is 54.6 Å². The highest BCUT2D eigenvalue weighted by atomic mass is 16.5. The summed E-state index contributed by atoms with van der Waals surface area (Å²) in [6.07, 6.45) is -0.923. The third-order valence-corrected chi connectivity index (χ3v) is 4.57. The van der Waals surface area contributed by atoms with Crippen LogP contribution in [0.25, 0.3) is 11.1 Å². The molecule has 6 heteroatoms. The Bertz CT molecular complexity index is 1060. The molecule has 0 aliphatic rings. The van der Waals surface area contributed by atoms with Crippen molar-refractivity contribution in [1.29, 1.82) is 0 Å². The monoisotopic (exact) mass is 416 g/mol. The van der Waals surface area contributed by atoms with Gasteiger partial charge in [0.2, 0.25) is 5.91 Å². The number of carbonyl (C=O) groups is 3. The largest absolute Gasteiger partial charge is 0.452 e. The second-order valence-electron chi connectivity index (χ2n) is 7.09. The summed E-state index contributed by atoms with van der Waals surface area (Å²) in [5.74, 6) is -1.08. The number of carbonyl (C=O) groups excluding carboxylic acids is 3. The Balaban J connectivity index is 1.59. The minimum atomic E-state index is -0.949. The molecule has 0 aromatic heterocycles. The van der Waals surface area contributed by atoms with Gasteiger partial charge in [0.15, 0.2) is 6.10 Å². The van der Waals surface area contributed by atoms with E-state index >= 15 is 0 Å². The van der Waals surface area contributed by atoms with E-state index in [-0.39, 0.29) is 12.3 Å². The lowest BCUT2D eigenvalue weighted by Gasteiger charge is -2.16. The van der Waals surface area contributed by atoms with E-state index in [9.17, 15) is 14.4 Å². The highest BCUT2D eigenvalue weighted by Gasteiger charge is 2.19. The highest BCUT2D eigenvalue weighted by Crippen LogP contribution is 2.27. The summed E-state index contributed by atoms with van der Waals surface area (Å²) in [6.45, 7) is 2.97. The van der Waals surface area contributed by atoms with E-state index in [1.54, 1.807) is 24.3 Å². The van der Waals surface area contributed by atoms with Crippen molar-refractivity contribution >= 4 is 29.2 Å². The quantitative estimate of drug-likeness (QED) is 0.558. The Morgan fingerprint density at radius 1 is 0.839 bits per heavy atom. The van der Waals surface area contributed by atoms with Gasteiger partial charge >= 0.3 is 5.97 Å². The molecular weight excluding hydrogens is 392 g/mol. The summed E-state index contributed by atoms with van der Waals surface area (Å²) in [6, 6.07) is 24.1. The molecule has 0 saturated carbocycles. The highest BCUT2D eigenvalue weighted by molar-refractivity contribution is 5.98. The van der Waals surface area contributed by atoms with Gasteiger partial charge in [-0.25, -0.2) is 0 Å². The summed E-state index contributed by atoms with van der Waals surface area (Å²) in [5.41, 5.74) is 3.88. The van der Waals surface area contributed by atoms with Crippen molar-refractivity contribution in [3.05, 3.63) is 84.4 Å². The average Bonchev–Trinajstić information content (AvgIpc) is 2.75. The first kappa shape index (κ1) is 21.8. The SMILES string of the molecule is CC(=O)Nc1ccc(CC(=O)O[C@@H](C)C(=O)Nc2ccccc2-c2ccccc2)cc1. The van der Waals surface area contributed by atoms with Crippen molar-refractivity contribution in [3.63, 3.8) is 0 Å². The molecule has 1 atom stereocenters. The van der Waals surface area contributed by atoms with E-state index in [0.29, 0.717) is 11.4 Å². The molecule has 0 saturated heterocycles. The maximum atomic E-state index is 12.6. The predicted molar refractivity (Wildman–Crippen MR) is 121 cm³/mol. The van der Waals surface area contributed by atoms with Gasteiger partial charge in [-0.05, 0) is 36.2 Å². The topological polar surface area (TPSA) is 84.5 Å². The molecule has 0 spiro atoms. The number of benzene rings is 3. The van der Waals surface area contributed by atoms with Crippen LogP contribution in [0.15, 0.2) is 78.9 Å². The zero-order valence-electron chi connectivity index (χ0n) is 17.4. The van der Waals surface area contributed by atoms with E-state index in [0.717, 1.165) is 16.7 Å². The molecule has 0 unspecified atom stereocenters. The first-order valence-electron chi connectivity index (χ1n) is 9.93. The van der Waals surface area contributed by atoms with Crippen molar-refractivity contribution in [1.82, 2.24) is 0 Å². The molecule has 0 radical (unpaired) electrons. The van der Waals surface area contributed by atoms with Gasteiger partial charge in [0.05, 0.1) is 6.42 Å². The fraction of sp³-hybridized carbons (Fsp3) is 0.160. The minimum Gasteiger partial charge on any atom is -0.452 e. The number of amides is 2. The Hall–Kier alpha value is -3.93. The summed E-state index contributed by atoms with van der Waals surface area (Å²) in [7, 11) is 0.